The van der Waals surface area contributed by atoms with Crippen LogP contribution in [0.1, 0.15) is 24.5 Å². The minimum atomic E-state index is -3.88. The minimum Gasteiger partial charge on any atom is -0.506 e. The molecule has 0 radical (unpaired) electrons. The van der Waals surface area contributed by atoms with Gasteiger partial charge in [0.05, 0.1) is 21.3 Å². The van der Waals surface area contributed by atoms with Gasteiger partial charge in [0.25, 0.3) is 5.91 Å². The van der Waals surface area contributed by atoms with E-state index in [1.165, 1.54) is 37.3 Å². The maximum absolute atomic E-state index is 12.6. The van der Waals surface area contributed by atoms with E-state index in [4.69, 9.17) is 23.2 Å². The molecule has 0 fully saturated rings. The van der Waals surface area contributed by atoms with E-state index >= 15 is 0 Å². The lowest BCUT2D eigenvalue weighted by Gasteiger charge is -2.16. The van der Waals surface area contributed by atoms with Gasteiger partial charge in [0.2, 0.25) is 15.9 Å². The average Bonchev–Trinajstić information content (AvgIpc) is 2.83. The number of hydrogen-bond donors (Lipinski definition) is 5. The summed E-state index contributed by atoms with van der Waals surface area (Å²) in [4.78, 5) is 25.1. The molecule has 3 rings (SSSR count). The molecule has 0 saturated carbocycles. The summed E-state index contributed by atoms with van der Waals surface area (Å²) in [5.41, 5.74) is 0.963. The van der Waals surface area contributed by atoms with Crippen molar-refractivity contribution in [3.05, 3.63) is 81.8 Å². The fraction of sp³-hybridized carbons (Fsp3) is 0.160. The fourth-order valence-electron chi connectivity index (χ4n) is 3.35. The fourth-order valence-corrected chi connectivity index (χ4v) is 4.93. The molecule has 3 aromatic carbocycles. The van der Waals surface area contributed by atoms with Gasteiger partial charge in [-0.25, -0.2) is 13.1 Å². The van der Waals surface area contributed by atoms with Crippen LogP contribution in [0.5, 0.6) is 5.75 Å². The van der Waals surface area contributed by atoms with Crippen LogP contribution in [0.4, 0.5) is 11.4 Å². The first-order chi connectivity index (χ1) is 17.9. The second-order valence-corrected chi connectivity index (χ2v) is 10.9. The third-order valence-corrected chi connectivity index (χ3v) is 7.39. The molecular weight excluding hydrogens is 555 g/mol. The number of nitrogens with one attached hydrogen (secondary N) is 3. The molecular formula is C25H24Cl2N4O6S. The zero-order valence-electron chi connectivity index (χ0n) is 20.2. The van der Waals surface area contributed by atoms with Gasteiger partial charge in [-0.2, -0.15) is 0 Å². The first-order valence-corrected chi connectivity index (χ1v) is 13.3. The Morgan fingerprint density at radius 1 is 0.974 bits per heavy atom. The van der Waals surface area contributed by atoms with Crippen LogP contribution in [-0.4, -0.2) is 42.3 Å². The predicted octanol–water partition coefficient (Wildman–Crippen LogP) is 4.52. The van der Waals surface area contributed by atoms with Gasteiger partial charge in [-0.1, -0.05) is 58.2 Å². The van der Waals surface area contributed by atoms with E-state index in [-0.39, 0.29) is 33.4 Å². The van der Waals surface area contributed by atoms with Crippen LogP contribution in [0.25, 0.3) is 0 Å². The van der Waals surface area contributed by atoms with Gasteiger partial charge in [0, 0.05) is 29.1 Å². The van der Waals surface area contributed by atoms with Gasteiger partial charge >= 0.3 is 0 Å². The van der Waals surface area contributed by atoms with E-state index < -0.39 is 33.6 Å². The number of benzene rings is 3. The van der Waals surface area contributed by atoms with Crippen LogP contribution in [0, 0.1) is 6.92 Å². The molecule has 0 aliphatic heterocycles. The number of nitrogens with zero attached hydrogens (tertiary/aromatic N) is 1. The third kappa shape index (κ3) is 7.45. The van der Waals surface area contributed by atoms with E-state index in [2.05, 4.69) is 20.5 Å². The van der Waals surface area contributed by atoms with Gasteiger partial charge in [-0.05, 0) is 44.2 Å². The third-order valence-electron chi connectivity index (χ3n) is 5.22. The van der Waals surface area contributed by atoms with Crippen LogP contribution in [0.2, 0.25) is 10.0 Å². The summed E-state index contributed by atoms with van der Waals surface area (Å²) in [6, 6.07) is 13.8. The van der Waals surface area contributed by atoms with Crippen LogP contribution >= 0.6 is 23.2 Å². The Bertz CT molecular complexity index is 1480. The molecule has 38 heavy (non-hydrogen) atoms. The van der Waals surface area contributed by atoms with E-state index in [9.17, 15) is 28.3 Å². The summed E-state index contributed by atoms with van der Waals surface area (Å²) in [5.74, 6) is -1.81. The number of rotatable bonds is 9. The lowest BCUT2D eigenvalue weighted by Crippen LogP contribution is -2.35. The number of amides is 2. The molecule has 1 unspecified atom stereocenters. The number of carbonyl (C=O) groups excluding carboxylic acids is 2. The number of carbonyl (C=O) groups is 2. The van der Waals surface area contributed by atoms with Crippen LogP contribution in [-0.2, 0) is 19.6 Å². The lowest BCUT2D eigenvalue weighted by atomic mass is 10.1. The number of hydrogen-bond acceptors (Lipinski definition) is 7. The van der Waals surface area contributed by atoms with E-state index in [0.29, 0.717) is 10.6 Å². The Balaban J connectivity index is 1.65. The van der Waals surface area contributed by atoms with Gasteiger partial charge in [0.1, 0.15) is 5.75 Å². The Labute approximate surface area is 229 Å². The van der Waals surface area contributed by atoms with Crippen molar-refractivity contribution in [3.63, 3.8) is 0 Å². The largest absolute Gasteiger partial charge is 0.506 e. The molecule has 0 bridgehead atoms. The van der Waals surface area contributed by atoms with Gasteiger partial charge in [-0.15, -0.1) is 0 Å². The predicted molar refractivity (Wildman–Crippen MR) is 146 cm³/mol. The second-order valence-electron chi connectivity index (χ2n) is 8.35. The molecule has 13 heteroatoms. The summed E-state index contributed by atoms with van der Waals surface area (Å²) in [5, 5.41) is 28.0. The molecule has 10 nitrogen and oxygen atoms in total. The normalized spacial score (nSPS) is 12.6. The molecule has 0 aliphatic carbocycles. The van der Waals surface area contributed by atoms with Gasteiger partial charge in [0.15, 0.2) is 5.71 Å². The second kappa shape index (κ2) is 12.3. The summed E-state index contributed by atoms with van der Waals surface area (Å²) >= 11 is 12.0. The van der Waals surface area contributed by atoms with E-state index in [1.807, 2.05) is 6.92 Å². The molecule has 0 spiro atoms. The van der Waals surface area contributed by atoms with Gasteiger partial charge < -0.3 is 20.9 Å². The Hall–Kier alpha value is -3.64. The quantitative estimate of drug-likeness (QED) is 0.109. The van der Waals surface area contributed by atoms with Crippen molar-refractivity contribution in [2.45, 2.75) is 31.2 Å². The van der Waals surface area contributed by atoms with Crippen molar-refractivity contribution in [1.29, 1.82) is 0 Å². The lowest BCUT2D eigenvalue weighted by molar-refractivity contribution is -0.116. The van der Waals surface area contributed by atoms with Crippen molar-refractivity contribution >= 4 is 62.1 Å². The summed E-state index contributed by atoms with van der Waals surface area (Å²) in [6.45, 7) is 3.37. The molecule has 0 aromatic heterocycles. The first kappa shape index (κ1) is 28.9. The number of phenols is 1. The smallest absolute Gasteiger partial charge is 0.278 e. The number of phenolic OH excluding ortho intramolecular Hbond substituents is 1. The molecule has 2 amide bonds. The number of anilines is 2. The van der Waals surface area contributed by atoms with Crippen molar-refractivity contribution in [2.75, 3.05) is 10.6 Å². The van der Waals surface area contributed by atoms with Crippen molar-refractivity contribution < 1.29 is 28.3 Å². The summed E-state index contributed by atoms with van der Waals surface area (Å²) in [6.07, 6.45) is -0.241. The van der Waals surface area contributed by atoms with Crippen molar-refractivity contribution in [2.24, 2.45) is 5.16 Å². The highest BCUT2D eigenvalue weighted by Gasteiger charge is 2.21. The SMILES string of the molecule is Cc1ccc(C(=NO)C(=O)Nc2cc(Cl)c(NC(=O)CC(C)NS(=O)(=O)c3ccc(Cl)cc3)cc2O)cc1. The summed E-state index contributed by atoms with van der Waals surface area (Å²) < 4.78 is 27.4. The van der Waals surface area contributed by atoms with Crippen LogP contribution < -0.4 is 15.4 Å². The zero-order chi connectivity index (χ0) is 28.0. The molecule has 0 aliphatic rings. The monoisotopic (exact) mass is 578 g/mol. The summed E-state index contributed by atoms with van der Waals surface area (Å²) in [7, 11) is -3.88. The van der Waals surface area contributed by atoms with Crippen LogP contribution in [0.3, 0.4) is 0 Å². The first-order valence-electron chi connectivity index (χ1n) is 11.1. The van der Waals surface area contributed by atoms with E-state index in [0.717, 1.165) is 11.6 Å². The molecule has 5 N–H and O–H groups in total. The number of halogens is 2. The zero-order valence-corrected chi connectivity index (χ0v) is 22.5. The number of sulfonamides is 1. The van der Waals surface area contributed by atoms with Gasteiger partial charge in [-0.3, -0.25) is 9.59 Å². The highest BCUT2D eigenvalue weighted by Crippen LogP contribution is 2.34. The Morgan fingerprint density at radius 2 is 1.61 bits per heavy atom. The molecule has 200 valence electrons. The highest BCUT2D eigenvalue weighted by molar-refractivity contribution is 7.89. The highest BCUT2D eigenvalue weighted by atomic mass is 35.5. The number of aryl methyl sites for hydroxylation is 1. The van der Waals surface area contributed by atoms with Crippen molar-refractivity contribution in [3.8, 4) is 5.75 Å². The topological polar surface area (TPSA) is 157 Å². The average molecular weight is 579 g/mol. The maximum Gasteiger partial charge on any atom is 0.278 e. The molecule has 0 heterocycles. The number of aromatic hydroxyl groups is 1. The Morgan fingerprint density at radius 3 is 2.21 bits per heavy atom. The van der Waals surface area contributed by atoms with Crippen molar-refractivity contribution in [1.82, 2.24) is 4.72 Å². The minimum absolute atomic E-state index is 0.00320. The Kier molecular flexibility index (Phi) is 9.34. The standard InChI is InChI=1S/C25H24Cl2N4O6S/c1-14-3-5-16(6-4-14)24(30-35)25(34)29-21-12-19(27)20(13-22(21)32)28-23(33)11-15(2)31-38(36,37)18-9-7-17(26)8-10-18/h3-10,12-13,15,31-32,35H,11H2,1-2H3,(H,28,33)(H,29,34). The van der Waals surface area contributed by atoms with E-state index in [1.54, 1.807) is 24.3 Å². The number of oxime groups is 1. The van der Waals surface area contributed by atoms with Crippen LogP contribution in [0.15, 0.2) is 70.7 Å². The molecule has 3 aromatic rings. The maximum atomic E-state index is 12.6. The molecule has 0 saturated heterocycles. The molecule has 1 atom stereocenters.